The number of nitro groups is 2. The predicted octanol–water partition coefficient (Wildman–Crippen LogP) is 8.39. The van der Waals surface area contributed by atoms with Crippen molar-refractivity contribution in [2.45, 2.75) is 6.18 Å². The Morgan fingerprint density at radius 1 is 0.944 bits per heavy atom. The van der Waals surface area contributed by atoms with Crippen LogP contribution in [0.15, 0.2) is 63.6 Å². The Kier molecular flexibility index (Phi) is 8.16. The van der Waals surface area contributed by atoms with Gasteiger partial charge in [-0.15, -0.1) is 0 Å². The average molecular weight is 651 g/mol. The van der Waals surface area contributed by atoms with Crippen molar-refractivity contribution in [3.8, 4) is 11.5 Å². The first kappa shape index (κ1) is 27.3. The zero-order valence-electron chi connectivity index (χ0n) is 17.4. The fourth-order valence-corrected chi connectivity index (χ4v) is 4.39. The van der Waals surface area contributed by atoms with Crippen LogP contribution in [0.3, 0.4) is 0 Å². The third-order valence-electron chi connectivity index (χ3n) is 4.55. The summed E-state index contributed by atoms with van der Waals surface area (Å²) in [6.45, 7) is 0. The van der Waals surface area contributed by atoms with Crippen molar-refractivity contribution in [1.82, 2.24) is 0 Å². The molecule has 0 fully saturated rings. The Morgan fingerprint density at radius 3 is 2.00 bits per heavy atom. The standard InChI is InChI=1S/C22H10Br2ClF3N2O6/c23-14-7-12(3-6-19(31)11-1-4-15(25)5-2-11)20(16(24)10-14)36-21-17(29(32)33)8-13(22(26,27)28)9-18(21)30(34)35/h1-10H/b6-3+. The third-order valence-corrected chi connectivity index (χ3v) is 5.85. The highest BCUT2D eigenvalue weighted by Gasteiger charge is 2.39. The minimum atomic E-state index is -5.08. The van der Waals surface area contributed by atoms with Gasteiger partial charge < -0.3 is 4.74 Å². The van der Waals surface area contributed by atoms with E-state index < -0.39 is 44.5 Å². The normalized spacial score (nSPS) is 11.5. The maximum Gasteiger partial charge on any atom is 0.416 e. The molecule has 0 amide bonds. The summed E-state index contributed by atoms with van der Waals surface area (Å²) >= 11 is 12.2. The minimum absolute atomic E-state index is 0.127. The minimum Gasteiger partial charge on any atom is -0.442 e. The number of ether oxygens (including phenoxy) is 1. The van der Waals surface area contributed by atoms with Crippen molar-refractivity contribution in [2.75, 3.05) is 0 Å². The Morgan fingerprint density at radius 2 is 1.50 bits per heavy atom. The summed E-state index contributed by atoms with van der Waals surface area (Å²) in [6, 6.07) is 9.16. The van der Waals surface area contributed by atoms with Gasteiger partial charge in [0.1, 0.15) is 5.75 Å². The van der Waals surface area contributed by atoms with E-state index in [0.717, 1.165) is 6.08 Å². The van der Waals surface area contributed by atoms with Crippen LogP contribution in [0.5, 0.6) is 11.5 Å². The zero-order valence-corrected chi connectivity index (χ0v) is 21.3. The van der Waals surface area contributed by atoms with E-state index in [0.29, 0.717) is 15.1 Å². The number of nitrogens with zero attached hydrogens (tertiary/aromatic N) is 2. The summed E-state index contributed by atoms with van der Waals surface area (Å²) in [7, 11) is 0. The van der Waals surface area contributed by atoms with Crippen molar-refractivity contribution in [2.24, 2.45) is 0 Å². The molecule has 0 spiro atoms. The number of allylic oxidation sites excluding steroid dienone is 1. The summed E-state index contributed by atoms with van der Waals surface area (Å²) in [5.74, 6) is -1.68. The third kappa shape index (κ3) is 6.28. The molecule has 0 atom stereocenters. The summed E-state index contributed by atoms with van der Waals surface area (Å²) in [5.41, 5.74) is -3.70. The van der Waals surface area contributed by atoms with E-state index in [1.807, 2.05) is 0 Å². The van der Waals surface area contributed by atoms with Crippen LogP contribution in [0.25, 0.3) is 6.08 Å². The molecule has 0 saturated carbocycles. The van der Waals surface area contributed by atoms with E-state index in [-0.39, 0.29) is 27.9 Å². The van der Waals surface area contributed by atoms with Crippen LogP contribution < -0.4 is 4.74 Å². The van der Waals surface area contributed by atoms with Gasteiger partial charge in [0.25, 0.3) is 5.75 Å². The molecule has 0 unspecified atom stereocenters. The highest BCUT2D eigenvalue weighted by Crippen LogP contribution is 2.47. The molecule has 0 aliphatic carbocycles. The number of rotatable bonds is 7. The van der Waals surface area contributed by atoms with Gasteiger partial charge in [-0.3, -0.25) is 25.0 Å². The quantitative estimate of drug-likeness (QED) is 0.110. The summed E-state index contributed by atoms with van der Waals surface area (Å²) in [5, 5.41) is 23.5. The van der Waals surface area contributed by atoms with Gasteiger partial charge in [0, 0.05) is 32.8 Å². The number of carbonyl (C=O) groups excluding carboxylic acids is 1. The van der Waals surface area contributed by atoms with Crippen LogP contribution in [0, 0.1) is 20.2 Å². The topological polar surface area (TPSA) is 113 Å². The summed E-state index contributed by atoms with van der Waals surface area (Å²) in [6.07, 6.45) is -2.65. The molecule has 0 N–H and O–H groups in total. The van der Waals surface area contributed by atoms with E-state index in [1.54, 1.807) is 0 Å². The van der Waals surface area contributed by atoms with Crippen LogP contribution in [0.2, 0.25) is 5.02 Å². The Hall–Kier alpha value is -3.29. The molecular weight excluding hydrogens is 641 g/mol. The molecule has 0 bridgehead atoms. The predicted molar refractivity (Wildman–Crippen MR) is 131 cm³/mol. The lowest BCUT2D eigenvalue weighted by Gasteiger charge is -2.14. The van der Waals surface area contributed by atoms with Gasteiger partial charge in [0.2, 0.25) is 0 Å². The number of nitro benzene ring substituents is 2. The molecular formula is C22H10Br2ClF3N2O6. The van der Waals surface area contributed by atoms with Crippen molar-refractivity contribution < 1.29 is 32.5 Å². The molecule has 0 aromatic heterocycles. The van der Waals surface area contributed by atoms with Crippen molar-refractivity contribution in [3.05, 3.63) is 105 Å². The van der Waals surface area contributed by atoms with Crippen molar-refractivity contribution in [1.29, 1.82) is 0 Å². The number of alkyl halides is 3. The second-order valence-corrected chi connectivity index (χ2v) is 9.17. The first-order valence-corrected chi connectivity index (χ1v) is 11.4. The fourth-order valence-electron chi connectivity index (χ4n) is 2.93. The first-order chi connectivity index (χ1) is 16.8. The first-order valence-electron chi connectivity index (χ1n) is 9.47. The van der Waals surface area contributed by atoms with Crippen LogP contribution in [-0.2, 0) is 6.18 Å². The van der Waals surface area contributed by atoms with Crippen LogP contribution >= 0.6 is 43.5 Å². The molecule has 36 heavy (non-hydrogen) atoms. The lowest BCUT2D eigenvalue weighted by Crippen LogP contribution is -2.08. The maximum atomic E-state index is 13.2. The molecule has 0 saturated heterocycles. The fraction of sp³-hybridized carbons (Fsp3) is 0.0455. The monoisotopic (exact) mass is 648 g/mol. The number of benzene rings is 3. The highest BCUT2D eigenvalue weighted by atomic mass is 79.9. The molecule has 8 nitrogen and oxygen atoms in total. The van der Waals surface area contributed by atoms with Gasteiger partial charge in [0.15, 0.2) is 5.78 Å². The van der Waals surface area contributed by atoms with Crippen LogP contribution in [0.4, 0.5) is 24.5 Å². The van der Waals surface area contributed by atoms with Crippen LogP contribution in [0.1, 0.15) is 21.5 Å². The lowest BCUT2D eigenvalue weighted by atomic mass is 10.1. The van der Waals surface area contributed by atoms with Gasteiger partial charge >= 0.3 is 17.6 Å². The highest BCUT2D eigenvalue weighted by molar-refractivity contribution is 9.11. The van der Waals surface area contributed by atoms with Crippen molar-refractivity contribution >= 4 is 66.7 Å². The van der Waals surface area contributed by atoms with E-state index in [9.17, 15) is 38.2 Å². The molecule has 0 heterocycles. The maximum absolute atomic E-state index is 13.2. The molecule has 3 aromatic carbocycles. The number of halogens is 6. The molecule has 186 valence electrons. The largest absolute Gasteiger partial charge is 0.442 e. The molecule has 0 aliphatic heterocycles. The molecule has 0 radical (unpaired) electrons. The average Bonchev–Trinajstić information content (AvgIpc) is 2.78. The van der Waals surface area contributed by atoms with Gasteiger partial charge in [-0.2, -0.15) is 13.2 Å². The summed E-state index contributed by atoms with van der Waals surface area (Å²) < 4.78 is 45.7. The molecule has 14 heteroatoms. The van der Waals surface area contributed by atoms with Gasteiger partial charge in [-0.1, -0.05) is 27.5 Å². The number of carbonyl (C=O) groups is 1. The van der Waals surface area contributed by atoms with E-state index in [1.165, 1.54) is 42.5 Å². The van der Waals surface area contributed by atoms with Crippen LogP contribution in [-0.4, -0.2) is 15.6 Å². The van der Waals surface area contributed by atoms with E-state index in [2.05, 4.69) is 31.9 Å². The Balaban J connectivity index is 2.14. The Labute approximate surface area is 221 Å². The molecule has 3 rings (SSSR count). The smallest absolute Gasteiger partial charge is 0.416 e. The van der Waals surface area contributed by atoms with E-state index in [4.69, 9.17) is 16.3 Å². The van der Waals surface area contributed by atoms with E-state index >= 15 is 0 Å². The SMILES string of the molecule is O=C(/C=C/c1cc(Br)cc(Br)c1Oc1c([N+](=O)[O-])cc(C(F)(F)F)cc1[N+](=O)[O-])c1ccc(Cl)cc1. The zero-order chi connectivity index (χ0) is 26.8. The van der Waals surface area contributed by atoms with Gasteiger partial charge in [-0.25, -0.2) is 0 Å². The number of hydrogen-bond donors (Lipinski definition) is 0. The van der Waals surface area contributed by atoms with Gasteiger partial charge in [0.05, 0.1) is 19.9 Å². The summed E-state index contributed by atoms with van der Waals surface area (Å²) in [4.78, 5) is 33.1. The van der Waals surface area contributed by atoms with Crippen molar-refractivity contribution in [3.63, 3.8) is 0 Å². The second kappa shape index (κ2) is 10.8. The van der Waals surface area contributed by atoms with Gasteiger partial charge in [-0.05, 0) is 64.5 Å². The number of hydrogen-bond acceptors (Lipinski definition) is 6. The molecule has 0 aliphatic rings. The second-order valence-electron chi connectivity index (χ2n) is 6.97. The molecule has 3 aromatic rings. The Bertz CT molecular complexity index is 1380. The number of ketones is 1. The lowest BCUT2D eigenvalue weighted by molar-refractivity contribution is -0.396.